The molecule has 0 atom stereocenters. The SMILES string of the molecule is CCOc1ccc(Nc2nc(Cl)nc(OC(C)C)n2)cc1. The van der Waals surface area contributed by atoms with Crippen molar-refractivity contribution in [2.24, 2.45) is 0 Å². The third-order valence-electron chi connectivity index (χ3n) is 2.35. The fourth-order valence-corrected chi connectivity index (χ4v) is 1.73. The summed E-state index contributed by atoms with van der Waals surface area (Å²) >= 11 is 5.86. The van der Waals surface area contributed by atoms with Gasteiger partial charge >= 0.3 is 6.01 Å². The minimum Gasteiger partial charge on any atom is -0.494 e. The predicted molar refractivity (Wildman–Crippen MR) is 81.5 cm³/mol. The summed E-state index contributed by atoms with van der Waals surface area (Å²) in [6, 6.07) is 7.65. The number of rotatable bonds is 6. The Morgan fingerprint density at radius 1 is 1.14 bits per heavy atom. The lowest BCUT2D eigenvalue weighted by molar-refractivity contribution is 0.222. The van der Waals surface area contributed by atoms with E-state index in [1.165, 1.54) is 0 Å². The lowest BCUT2D eigenvalue weighted by Crippen LogP contribution is -2.10. The molecule has 2 aromatic rings. The highest BCUT2D eigenvalue weighted by Gasteiger charge is 2.08. The van der Waals surface area contributed by atoms with Crippen LogP contribution >= 0.6 is 11.6 Å². The van der Waals surface area contributed by atoms with E-state index < -0.39 is 0 Å². The van der Waals surface area contributed by atoms with E-state index in [1.54, 1.807) is 0 Å². The number of anilines is 2. The first-order valence-electron chi connectivity index (χ1n) is 6.65. The van der Waals surface area contributed by atoms with Crippen LogP contribution in [0.2, 0.25) is 5.28 Å². The summed E-state index contributed by atoms with van der Waals surface area (Å²) in [6.07, 6.45) is -0.0400. The standard InChI is InChI=1S/C14H17ClN4O2/c1-4-20-11-7-5-10(6-8-11)16-13-17-12(15)18-14(19-13)21-9(2)3/h5-9H,4H2,1-3H3,(H,16,17,18,19). The van der Waals surface area contributed by atoms with E-state index >= 15 is 0 Å². The van der Waals surface area contributed by atoms with Crippen molar-refractivity contribution in [3.8, 4) is 11.8 Å². The molecule has 1 heterocycles. The van der Waals surface area contributed by atoms with Crippen molar-refractivity contribution in [2.45, 2.75) is 26.9 Å². The molecular weight excluding hydrogens is 292 g/mol. The summed E-state index contributed by atoms with van der Waals surface area (Å²) in [7, 11) is 0. The van der Waals surface area contributed by atoms with Gasteiger partial charge < -0.3 is 14.8 Å². The number of aromatic nitrogens is 3. The van der Waals surface area contributed by atoms with Crippen LogP contribution in [0.15, 0.2) is 24.3 Å². The van der Waals surface area contributed by atoms with Gasteiger partial charge in [-0.15, -0.1) is 0 Å². The van der Waals surface area contributed by atoms with Crippen LogP contribution in [0.4, 0.5) is 11.6 Å². The quantitative estimate of drug-likeness (QED) is 0.881. The first-order chi connectivity index (χ1) is 10.1. The molecular formula is C14H17ClN4O2. The van der Waals surface area contributed by atoms with Gasteiger partial charge in [0.05, 0.1) is 12.7 Å². The minimum absolute atomic E-state index is 0.0400. The van der Waals surface area contributed by atoms with Crippen molar-refractivity contribution in [2.75, 3.05) is 11.9 Å². The number of halogens is 1. The van der Waals surface area contributed by atoms with Gasteiger partial charge in [0.15, 0.2) is 0 Å². The second kappa shape index (κ2) is 7.08. The van der Waals surface area contributed by atoms with Gasteiger partial charge in [-0.25, -0.2) is 0 Å². The molecule has 0 aliphatic rings. The molecule has 0 bridgehead atoms. The number of ether oxygens (including phenoxy) is 2. The van der Waals surface area contributed by atoms with Gasteiger partial charge in [0.25, 0.3) is 0 Å². The summed E-state index contributed by atoms with van der Waals surface area (Å²) in [5.41, 5.74) is 0.816. The van der Waals surface area contributed by atoms with E-state index in [9.17, 15) is 0 Å². The van der Waals surface area contributed by atoms with Gasteiger partial charge in [0, 0.05) is 5.69 Å². The van der Waals surface area contributed by atoms with Gasteiger partial charge in [-0.3, -0.25) is 0 Å². The van der Waals surface area contributed by atoms with Crippen LogP contribution in [0.25, 0.3) is 0 Å². The molecule has 0 unspecified atom stereocenters. The van der Waals surface area contributed by atoms with Crippen LogP contribution in [0.1, 0.15) is 20.8 Å². The van der Waals surface area contributed by atoms with Crippen LogP contribution in [-0.4, -0.2) is 27.7 Å². The van der Waals surface area contributed by atoms with Crippen LogP contribution in [0.3, 0.4) is 0 Å². The Kier molecular flexibility index (Phi) is 5.16. The molecule has 2 rings (SSSR count). The molecule has 0 spiro atoms. The number of hydrogen-bond donors (Lipinski definition) is 1. The van der Waals surface area contributed by atoms with Crippen molar-refractivity contribution in [3.05, 3.63) is 29.5 Å². The molecule has 21 heavy (non-hydrogen) atoms. The normalized spacial score (nSPS) is 10.5. The number of hydrogen-bond acceptors (Lipinski definition) is 6. The molecule has 0 aliphatic carbocycles. The third-order valence-corrected chi connectivity index (χ3v) is 2.52. The zero-order valence-corrected chi connectivity index (χ0v) is 12.9. The van der Waals surface area contributed by atoms with Gasteiger partial charge in [0.1, 0.15) is 5.75 Å². The highest BCUT2D eigenvalue weighted by atomic mass is 35.5. The molecule has 112 valence electrons. The number of benzene rings is 1. The molecule has 0 aliphatic heterocycles. The average molecular weight is 309 g/mol. The summed E-state index contributed by atoms with van der Waals surface area (Å²) in [6.45, 7) is 6.34. The van der Waals surface area contributed by atoms with Crippen LogP contribution in [-0.2, 0) is 0 Å². The molecule has 1 aromatic heterocycles. The Morgan fingerprint density at radius 2 is 1.86 bits per heavy atom. The van der Waals surface area contributed by atoms with Gasteiger partial charge in [-0.2, -0.15) is 15.0 Å². The van der Waals surface area contributed by atoms with Crippen molar-refractivity contribution < 1.29 is 9.47 Å². The molecule has 0 amide bonds. The Bertz CT molecular complexity index is 590. The predicted octanol–water partition coefficient (Wildman–Crippen LogP) is 3.45. The van der Waals surface area contributed by atoms with Gasteiger partial charge in [-0.1, -0.05) is 0 Å². The average Bonchev–Trinajstić information content (AvgIpc) is 2.40. The van der Waals surface area contributed by atoms with Crippen molar-refractivity contribution >= 4 is 23.2 Å². The fourth-order valence-electron chi connectivity index (χ4n) is 1.58. The zero-order chi connectivity index (χ0) is 15.2. The summed E-state index contributed by atoms with van der Waals surface area (Å²) < 4.78 is 10.8. The second-order valence-corrected chi connectivity index (χ2v) is 4.80. The van der Waals surface area contributed by atoms with E-state index in [0.717, 1.165) is 11.4 Å². The Balaban J connectivity index is 2.12. The number of nitrogens with one attached hydrogen (secondary N) is 1. The fraction of sp³-hybridized carbons (Fsp3) is 0.357. The van der Waals surface area contributed by atoms with E-state index in [4.69, 9.17) is 21.1 Å². The van der Waals surface area contributed by atoms with E-state index in [0.29, 0.717) is 12.6 Å². The highest BCUT2D eigenvalue weighted by molar-refractivity contribution is 6.28. The molecule has 1 N–H and O–H groups in total. The molecule has 6 nitrogen and oxygen atoms in total. The zero-order valence-electron chi connectivity index (χ0n) is 12.1. The largest absolute Gasteiger partial charge is 0.494 e. The Labute approximate surface area is 128 Å². The maximum atomic E-state index is 5.86. The van der Waals surface area contributed by atoms with Crippen molar-refractivity contribution in [3.63, 3.8) is 0 Å². The minimum atomic E-state index is -0.0400. The van der Waals surface area contributed by atoms with Gasteiger partial charge in [0.2, 0.25) is 11.2 Å². The van der Waals surface area contributed by atoms with Gasteiger partial charge in [-0.05, 0) is 56.6 Å². The molecule has 0 saturated carbocycles. The molecule has 7 heteroatoms. The van der Waals surface area contributed by atoms with Crippen molar-refractivity contribution in [1.82, 2.24) is 15.0 Å². The van der Waals surface area contributed by atoms with Crippen LogP contribution in [0.5, 0.6) is 11.8 Å². The summed E-state index contributed by atoms with van der Waals surface area (Å²) in [5, 5.41) is 3.12. The molecule has 0 fully saturated rings. The lowest BCUT2D eigenvalue weighted by Gasteiger charge is -2.10. The van der Waals surface area contributed by atoms with Crippen LogP contribution < -0.4 is 14.8 Å². The maximum Gasteiger partial charge on any atom is 0.322 e. The Hall–Kier alpha value is -2.08. The number of nitrogens with zero attached hydrogens (tertiary/aromatic N) is 3. The smallest absolute Gasteiger partial charge is 0.322 e. The van der Waals surface area contributed by atoms with Crippen molar-refractivity contribution in [1.29, 1.82) is 0 Å². The van der Waals surface area contributed by atoms with E-state index in [1.807, 2.05) is 45.0 Å². The highest BCUT2D eigenvalue weighted by Crippen LogP contribution is 2.20. The monoisotopic (exact) mass is 308 g/mol. The molecule has 1 aromatic carbocycles. The van der Waals surface area contributed by atoms with E-state index in [2.05, 4.69) is 20.3 Å². The molecule has 0 radical (unpaired) electrons. The van der Waals surface area contributed by atoms with E-state index in [-0.39, 0.29) is 17.4 Å². The molecule has 0 saturated heterocycles. The second-order valence-electron chi connectivity index (χ2n) is 4.46. The summed E-state index contributed by atoms with van der Waals surface area (Å²) in [5.74, 6) is 1.13. The van der Waals surface area contributed by atoms with Crippen LogP contribution in [0, 0.1) is 0 Å². The Morgan fingerprint density at radius 3 is 2.48 bits per heavy atom. The summed E-state index contributed by atoms with van der Waals surface area (Å²) in [4.78, 5) is 12.1. The first kappa shape index (κ1) is 15.3. The maximum absolute atomic E-state index is 5.86. The topological polar surface area (TPSA) is 69.2 Å². The first-order valence-corrected chi connectivity index (χ1v) is 7.02. The third kappa shape index (κ3) is 4.75. The lowest BCUT2D eigenvalue weighted by atomic mass is 10.3.